The van der Waals surface area contributed by atoms with Gasteiger partial charge in [0.1, 0.15) is 0 Å². The molecule has 1 fully saturated rings. The Labute approximate surface area is 160 Å². The molecule has 5 nitrogen and oxygen atoms in total. The molecule has 1 aliphatic rings. The molecule has 0 spiro atoms. The molecule has 5 heteroatoms. The first-order chi connectivity index (χ1) is 12.8. The van der Waals surface area contributed by atoms with Crippen LogP contribution in [0.5, 0.6) is 0 Å². The zero-order chi connectivity index (χ0) is 19.4. The zero-order valence-electron chi connectivity index (χ0n) is 16.0. The molecule has 2 aromatic rings. The van der Waals surface area contributed by atoms with Crippen molar-refractivity contribution >= 4 is 23.2 Å². The van der Waals surface area contributed by atoms with Crippen LogP contribution in [0.3, 0.4) is 0 Å². The molecular weight excluding hydrogens is 340 g/mol. The number of carbonyl (C=O) groups is 2. The van der Waals surface area contributed by atoms with Crippen molar-refractivity contribution in [2.24, 2.45) is 5.92 Å². The summed E-state index contributed by atoms with van der Waals surface area (Å²) in [6.45, 7) is 7.46. The van der Waals surface area contributed by atoms with Crippen LogP contribution in [0.1, 0.15) is 43.1 Å². The molecule has 3 rings (SSSR count). The fourth-order valence-electron chi connectivity index (χ4n) is 2.99. The van der Waals surface area contributed by atoms with Gasteiger partial charge in [-0.1, -0.05) is 45.0 Å². The van der Waals surface area contributed by atoms with Crippen LogP contribution in [0, 0.1) is 5.92 Å². The van der Waals surface area contributed by atoms with Crippen molar-refractivity contribution in [3.63, 3.8) is 0 Å². The van der Waals surface area contributed by atoms with Gasteiger partial charge in [-0.25, -0.2) is 0 Å². The topological polar surface area (TPSA) is 67.4 Å². The maximum absolute atomic E-state index is 12.6. The summed E-state index contributed by atoms with van der Waals surface area (Å²) in [6.07, 6.45) is 0.723. The van der Waals surface area contributed by atoms with E-state index >= 15 is 0 Å². The quantitative estimate of drug-likeness (QED) is 0.852. The maximum atomic E-state index is 12.6. The third-order valence-corrected chi connectivity index (χ3v) is 4.75. The highest BCUT2D eigenvalue weighted by atomic mass is 16.5. The van der Waals surface area contributed by atoms with Crippen molar-refractivity contribution in [3.8, 4) is 0 Å². The van der Waals surface area contributed by atoms with Crippen molar-refractivity contribution in [2.75, 3.05) is 23.8 Å². The average Bonchev–Trinajstić information content (AvgIpc) is 3.17. The van der Waals surface area contributed by atoms with Gasteiger partial charge in [-0.3, -0.25) is 9.59 Å². The molecule has 1 heterocycles. The van der Waals surface area contributed by atoms with E-state index in [0.717, 1.165) is 6.42 Å². The van der Waals surface area contributed by atoms with Gasteiger partial charge < -0.3 is 15.4 Å². The number of amides is 2. The molecule has 1 aliphatic heterocycles. The molecule has 2 N–H and O–H groups in total. The molecule has 0 aliphatic carbocycles. The van der Waals surface area contributed by atoms with Gasteiger partial charge in [-0.05, 0) is 41.7 Å². The third-order valence-electron chi connectivity index (χ3n) is 4.75. The standard InChI is InChI=1S/C22H26N2O3/c1-22(2,3)17-10-8-15(9-11-17)20(25)23-18-6-4-5-7-19(18)24-21(26)16-12-13-27-14-16/h4-11,16H,12-14H2,1-3H3,(H,23,25)(H,24,26). The molecule has 0 bridgehead atoms. The number of rotatable bonds is 4. The van der Waals surface area contributed by atoms with E-state index in [1.165, 1.54) is 5.56 Å². The molecule has 1 saturated heterocycles. The van der Waals surface area contributed by atoms with E-state index in [0.29, 0.717) is 30.2 Å². The van der Waals surface area contributed by atoms with Crippen LogP contribution in [0.4, 0.5) is 11.4 Å². The number of hydrogen-bond donors (Lipinski definition) is 2. The summed E-state index contributed by atoms with van der Waals surface area (Å²) in [5.74, 6) is -0.427. The Hall–Kier alpha value is -2.66. The molecule has 0 radical (unpaired) electrons. The summed E-state index contributed by atoms with van der Waals surface area (Å²) in [6, 6.07) is 14.8. The summed E-state index contributed by atoms with van der Waals surface area (Å²) < 4.78 is 5.27. The van der Waals surface area contributed by atoms with Crippen LogP contribution in [0.2, 0.25) is 0 Å². The summed E-state index contributed by atoms with van der Waals surface area (Å²) in [5.41, 5.74) is 2.96. The smallest absolute Gasteiger partial charge is 0.255 e. The van der Waals surface area contributed by atoms with Gasteiger partial charge in [0.05, 0.1) is 23.9 Å². The van der Waals surface area contributed by atoms with Crippen LogP contribution >= 0.6 is 0 Å². The number of anilines is 2. The van der Waals surface area contributed by atoms with Gasteiger partial charge in [-0.15, -0.1) is 0 Å². The van der Waals surface area contributed by atoms with E-state index in [1.54, 1.807) is 12.1 Å². The Kier molecular flexibility index (Phi) is 5.61. The minimum absolute atomic E-state index is 0.0375. The highest BCUT2D eigenvalue weighted by Gasteiger charge is 2.24. The van der Waals surface area contributed by atoms with E-state index in [1.807, 2.05) is 36.4 Å². The molecule has 0 aromatic heterocycles. The van der Waals surface area contributed by atoms with E-state index in [9.17, 15) is 9.59 Å². The number of hydrogen-bond acceptors (Lipinski definition) is 3. The Bertz CT molecular complexity index is 816. The van der Waals surface area contributed by atoms with Gasteiger partial charge >= 0.3 is 0 Å². The third kappa shape index (κ3) is 4.74. The SMILES string of the molecule is CC(C)(C)c1ccc(C(=O)Nc2ccccc2NC(=O)C2CCOC2)cc1. The number of benzene rings is 2. The van der Waals surface area contributed by atoms with Gasteiger partial charge in [0, 0.05) is 12.2 Å². The van der Waals surface area contributed by atoms with Crippen molar-refractivity contribution in [3.05, 3.63) is 59.7 Å². The number of carbonyl (C=O) groups excluding carboxylic acids is 2. The van der Waals surface area contributed by atoms with Gasteiger partial charge in [0.25, 0.3) is 5.91 Å². The zero-order valence-corrected chi connectivity index (χ0v) is 16.0. The Morgan fingerprint density at radius 2 is 1.59 bits per heavy atom. The predicted molar refractivity (Wildman–Crippen MR) is 107 cm³/mol. The Morgan fingerprint density at radius 3 is 2.15 bits per heavy atom. The lowest BCUT2D eigenvalue weighted by atomic mass is 9.87. The first-order valence-electron chi connectivity index (χ1n) is 9.24. The molecule has 2 aromatic carbocycles. The van der Waals surface area contributed by atoms with Crippen molar-refractivity contribution in [1.82, 2.24) is 0 Å². The van der Waals surface area contributed by atoms with E-state index < -0.39 is 0 Å². The van der Waals surface area contributed by atoms with Gasteiger partial charge in [0.2, 0.25) is 5.91 Å². The second-order valence-electron chi connectivity index (χ2n) is 7.88. The van der Waals surface area contributed by atoms with Crippen LogP contribution in [-0.4, -0.2) is 25.0 Å². The van der Waals surface area contributed by atoms with Crippen LogP contribution in [-0.2, 0) is 14.9 Å². The summed E-state index contributed by atoms with van der Waals surface area (Å²) >= 11 is 0. The minimum atomic E-state index is -0.207. The lowest BCUT2D eigenvalue weighted by molar-refractivity contribution is -0.119. The second kappa shape index (κ2) is 7.92. The normalized spacial score (nSPS) is 16.8. The Balaban J connectivity index is 1.71. The molecule has 1 unspecified atom stereocenters. The summed E-state index contributed by atoms with van der Waals surface area (Å²) in [4.78, 5) is 25.0. The van der Waals surface area contributed by atoms with E-state index in [2.05, 4.69) is 31.4 Å². The van der Waals surface area contributed by atoms with Crippen LogP contribution < -0.4 is 10.6 Å². The maximum Gasteiger partial charge on any atom is 0.255 e. The first-order valence-corrected chi connectivity index (χ1v) is 9.24. The van der Waals surface area contributed by atoms with Crippen LogP contribution in [0.15, 0.2) is 48.5 Å². The number of nitrogens with one attached hydrogen (secondary N) is 2. The Morgan fingerprint density at radius 1 is 0.963 bits per heavy atom. The molecule has 0 saturated carbocycles. The first kappa shape index (κ1) is 19.1. The monoisotopic (exact) mass is 366 g/mol. The summed E-state index contributed by atoms with van der Waals surface area (Å²) in [7, 11) is 0. The molecule has 142 valence electrons. The average molecular weight is 366 g/mol. The van der Waals surface area contributed by atoms with Crippen molar-refractivity contribution < 1.29 is 14.3 Å². The second-order valence-corrected chi connectivity index (χ2v) is 7.88. The number of para-hydroxylation sites is 2. The van der Waals surface area contributed by atoms with Crippen molar-refractivity contribution in [2.45, 2.75) is 32.6 Å². The van der Waals surface area contributed by atoms with Gasteiger partial charge in [0.15, 0.2) is 0 Å². The van der Waals surface area contributed by atoms with E-state index in [4.69, 9.17) is 4.74 Å². The van der Waals surface area contributed by atoms with Crippen LogP contribution in [0.25, 0.3) is 0 Å². The fourth-order valence-corrected chi connectivity index (χ4v) is 2.99. The molecular formula is C22H26N2O3. The van der Waals surface area contributed by atoms with E-state index in [-0.39, 0.29) is 23.1 Å². The molecule has 1 atom stereocenters. The molecule has 27 heavy (non-hydrogen) atoms. The lowest BCUT2D eigenvalue weighted by Crippen LogP contribution is -2.24. The predicted octanol–water partition coefficient (Wildman–Crippen LogP) is 4.21. The minimum Gasteiger partial charge on any atom is -0.381 e. The van der Waals surface area contributed by atoms with Gasteiger partial charge in [-0.2, -0.15) is 0 Å². The highest BCUT2D eigenvalue weighted by Crippen LogP contribution is 2.25. The largest absolute Gasteiger partial charge is 0.381 e. The number of ether oxygens (including phenoxy) is 1. The molecule has 2 amide bonds. The summed E-state index contributed by atoms with van der Waals surface area (Å²) in [5, 5.41) is 5.80. The fraction of sp³-hybridized carbons (Fsp3) is 0.364. The lowest BCUT2D eigenvalue weighted by Gasteiger charge is -2.19. The highest BCUT2D eigenvalue weighted by molar-refractivity contribution is 6.07. The van der Waals surface area contributed by atoms with Crippen molar-refractivity contribution in [1.29, 1.82) is 0 Å².